The van der Waals surface area contributed by atoms with Crippen molar-refractivity contribution in [3.63, 3.8) is 0 Å². The van der Waals surface area contributed by atoms with E-state index in [0.29, 0.717) is 6.61 Å². The quantitative estimate of drug-likeness (QED) is 0.402. The van der Waals surface area contributed by atoms with Gasteiger partial charge in [-0.3, -0.25) is 0 Å². The fourth-order valence-electron chi connectivity index (χ4n) is 1.85. The summed E-state index contributed by atoms with van der Waals surface area (Å²) in [6.07, 6.45) is 12.9. The van der Waals surface area contributed by atoms with Crippen molar-refractivity contribution in [2.24, 2.45) is 0 Å². The first kappa shape index (κ1) is 20.7. The van der Waals surface area contributed by atoms with Gasteiger partial charge >= 0.3 is 35.5 Å². The van der Waals surface area contributed by atoms with Crippen LogP contribution in [0.5, 0.6) is 0 Å². The maximum Gasteiger partial charge on any atom is 1.00 e. The third-order valence-electron chi connectivity index (χ3n) is 2.87. The van der Waals surface area contributed by atoms with Gasteiger partial charge in [-0.25, -0.2) is 4.79 Å². The third kappa shape index (κ3) is 18.8. The van der Waals surface area contributed by atoms with Crippen LogP contribution < -0.4 is 29.6 Å². The molecule has 4 heteroatoms. The van der Waals surface area contributed by atoms with E-state index in [1.165, 1.54) is 51.4 Å². The van der Waals surface area contributed by atoms with Crippen LogP contribution in [-0.2, 0) is 9.53 Å². The molecule has 0 saturated carbocycles. The minimum absolute atomic E-state index is 0. The molecule has 0 atom stereocenters. The van der Waals surface area contributed by atoms with Crippen molar-refractivity contribution in [2.75, 3.05) is 13.2 Å². The number of unbranched alkanes of at least 4 members (excludes halogenated alkanes) is 9. The molecule has 18 heavy (non-hydrogen) atoms. The number of hydrogen-bond donors (Lipinski definition) is 1. The Hall–Kier alpha value is 0.430. The van der Waals surface area contributed by atoms with Crippen molar-refractivity contribution in [1.29, 1.82) is 0 Å². The van der Waals surface area contributed by atoms with Crippen molar-refractivity contribution in [3.05, 3.63) is 0 Å². The van der Waals surface area contributed by atoms with Crippen LogP contribution >= 0.6 is 0 Å². The zero-order valence-electron chi connectivity index (χ0n) is 13.2. The second-order valence-corrected chi connectivity index (χ2v) is 4.63. The van der Waals surface area contributed by atoms with Crippen LogP contribution in [0.2, 0.25) is 0 Å². The largest absolute Gasteiger partial charge is 1.00 e. The number of carbonyl (C=O) groups is 1. The second kappa shape index (κ2) is 17.4. The monoisotopic (exact) mass is 268 g/mol. The Morgan fingerprint density at radius 2 is 1.39 bits per heavy atom. The summed E-state index contributed by atoms with van der Waals surface area (Å²) in [7, 11) is 0. The van der Waals surface area contributed by atoms with Gasteiger partial charge in [0, 0.05) is 6.61 Å². The molecule has 0 aliphatic rings. The SMILES string of the molecule is CCCCCCCCCCCCOCC(=O)O.[H-].[Na+]. The van der Waals surface area contributed by atoms with E-state index in [1.807, 2.05) is 0 Å². The van der Waals surface area contributed by atoms with Crippen LogP contribution in [0.3, 0.4) is 0 Å². The number of aliphatic carboxylic acids is 1. The van der Waals surface area contributed by atoms with E-state index in [1.54, 1.807) is 0 Å². The molecule has 0 unspecified atom stereocenters. The third-order valence-corrected chi connectivity index (χ3v) is 2.87. The Bertz CT molecular complexity index is 180. The number of ether oxygens (including phenoxy) is 1. The molecule has 0 aliphatic heterocycles. The minimum Gasteiger partial charge on any atom is -1.00 e. The van der Waals surface area contributed by atoms with Crippen LogP contribution in [0.4, 0.5) is 0 Å². The molecule has 0 bridgehead atoms. The normalized spacial score (nSPS) is 10.1. The first-order valence-corrected chi connectivity index (χ1v) is 7.07. The van der Waals surface area contributed by atoms with Gasteiger partial charge in [0.05, 0.1) is 0 Å². The summed E-state index contributed by atoms with van der Waals surface area (Å²) < 4.78 is 4.97. The van der Waals surface area contributed by atoms with E-state index >= 15 is 0 Å². The minimum atomic E-state index is -0.878. The van der Waals surface area contributed by atoms with Gasteiger partial charge in [-0.05, 0) is 6.42 Å². The zero-order valence-corrected chi connectivity index (χ0v) is 14.2. The Labute approximate surface area is 135 Å². The molecule has 3 nitrogen and oxygen atoms in total. The second-order valence-electron chi connectivity index (χ2n) is 4.63. The van der Waals surface area contributed by atoms with Gasteiger partial charge in [-0.1, -0.05) is 64.7 Å². The molecule has 0 heterocycles. The van der Waals surface area contributed by atoms with Crippen molar-refractivity contribution in [3.8, 4) is 0 Å². The van der Waals surface area contributed by atoms with E-state index < -0.39 is 5.97 Å². The molecule has 0 radical (unpaired) electrons. The summed E-state index contributed by atoms with van der Waals surface area (Å²) in [6, 6.07) is 0. The standard InChI is InChI=1S/C14H28O3.Na.H/c1-2-3-4-5-6-7-8-9-10-11-12-17-13-14(15)16;;/h2-13H2,1H3,(H,15,16);;/q;+1;-1. The average Bonchev–Trinajstić information content (AvgIpc) is 2.30. The summed E-state index contributed by atoms with van der Waals surface area (Å²) in [6.45, 7) is 2.67. The van der Waals surface area contributed by atoms with Crippen LogP contribution in [0, 0.1) is 0 Å². The van der Waals surface area contributed by atoms with Gasteiger partial charge < -0.3 is 11.3 Å². The topological polar surface area (TPSA) is 46.5 Å². The fraction of sp³-hybridized carbons (Fsp3) is 0.929. The maximum absolute atomic E-state index is 10.2. The predicted molar refractivity (Wildman–Crippen MR) is 71.4 cm³/mol. The Morgan fingerprint density at radius 1 is 0.944 bits per heavy atom. The molecule has 0 aromatic carbocycles. The van der Waals surface area contributed by atoms with E-state index in [9.17, 15) is 4.79 Å². The maximum atomic E-state index is 10.2. The Kier molecular flexibility index (Phi) is 20.1. The van der Waals surface area contributed by atoms with Gasteiger partial charge in [0.1, 0.15) is 6.61 Å². The Morgan fingerprint density at radius 3 is 1.83 bits per heavy atom. The molecular formula is C14H29NaO3. The Balaban J connectivity index is -0.00000128. The van der Waals surface area contributed by atoms with Crippen LogP contribution in [0.1, 0.15) is 72.6 Å². The van der Waals surface area contributed by atoms with Crippen molar-refractivity contribution >= 4 is 5.97 Å². The molecule has 104 valence electrons. The molecule has 1 N–H and O–H groups in total. The number of carboxylic acid groups (broad SMARTS) is 1. The van der Waals surface area contributed by atoms with Crippen LogP contribution in [0.25, 0.3) is 0 Å². The molecule has 0 fully saturated rings. The molecular weight excluding hydrogens is 239 g/mol. The molecule has 0 aromatic rings. The van der Waals surface area contributed by atoms with E-state index in [-0.39, 0.29) is 37.6 Å². The fourth-order valence-corrected chi connectivity index (χ4v) is 1.85. The van der Waals surface area contributed by atoms with Gasteiger partial charge in [0.15, 0.2) is 0 Å². The van der Waals surface area contributed by atoms with E-state index in [0.717, 1.165) is 12.8 Å². The summed E-state index contributed by atoms with van der Waals surface area (Å²) in [5.74, 6) is -0.878. The van der Waals surface area contributed by atoms with E-state index in [4.69, 9.17) is 9.84 Å². The van der Waals surface area contributed by atoms with E-state index in [2.05, 4.69) is 6.92 Å². The van der Waals surface area contributed by atoms with Gasteiger partial charge in [-0.15, -0.1) is 0 Å². The number of carboxylic acids is 1. The van der Waals surface area contributed by atoms with Crippen LogP contribution in [0.15, 0.2) is 0 Å². The molecule has 0 rings (SSSR count). The molecule has 0 amide bonds. The number of rotatable bonds is 13. The summed E-state index contributed by atoms with van der Waals surface area (Å²) in [4.78, 5) is 10.2. The summed E-state index contributed by atoms with van der Waals surface area (Å²) in [5, 5.41) is 8.35. The average molecular weight is 268 g/mol. The van der Waals surface area contributed by atoms with Crippen molar-refractivity contribution in [2.45, 2.75) is 71.1 Å². The first-order chi connectivity index (χ1) is 8.27. The van der Waals surface area contributed by atoms with Crippen LogP contribution in [-0.4, -0.2) is 24.3 Å². The van der Waals surface area contributed by atoms with Crippen molar-refractivity contribution < 1.29 is 45.6 Å². The van der Waals surface area contributed by atoms with Gasteiger partial charge in [0.2, 0.25) is 0 Å². The molecule has 0 saturated heterocycles. The summed E-state index contributed by atoms with van der Waals surface area (Å²) >= 11 is 0. The van der Waals surface area contributed by atoms with Crippen molar-refractivity contribution in [1.82, 2.24) is 0 Å². The molecule has 0 aromatic heterocycles. The number of hydrogen-bond acceptors (Lipinski definition) is 2. The molecule has 0 spiro atoms. The summed E-state index contributed by atoms with van der Waals surface area (Å²) in [5.41, 5.74) is 0. The van der Waals surface area contributed by atoms with Gasteiger partial charge in [0.25, 0.3) is 0 Å². The smallest absolute Gasteiger partial charge is 1.00 e. The predicted octanol–water partition coefficient (Wildman–Crippen LogP) is 1.13. The van der Waals surface area contributed by atoms with Gasteiger partial charge in [-0.2, -0.15) is 0 Å². The first-order valence-electron chi connectivity index (χ1n) is 7.07. The zero-order chi connectivity index (χ0) is 12.8. The molecule has 0 aliphatic carbocycles.